The lowest BCUT2D eigenvalue weighted by molar-refractivity contribution is 1.30. The van der Waals surface area contributed by atoms with Crippen molar-refractivity contribution in [3.05, 3.63) is 152 Å². The predicted molar refractivity (Wildman–Crippen MR) is 184 cm³/mol. The van der Waals surface area contributed by atoms with E-state index < -0.39 is 0 Å². The highest BCUT2D eigenvalue weighted by molar-refractivity contribution is 7.26. The van der Waals surface area contributed by atoms with E-state index in [-0.39, 0.29) is 0 Å². The Balaban J connectivity index is 1.32. The van der Waals surface area contributed by atoms with Crippen molar-refractivity contribution in [3.63, 3.8) is 0 Å². The number of nitrogens with zero attached hydrogens (tertiary/aromatic N) is 1. The molecule has 0 amide bonds. The molecule has 0 aliphatic rings. The van der Waals surface area contributed by atoms with Gasteiger partial charge in [-0.15, -0.1) is 11.3 Å². The molecule has 9 rings (SSSR count). The lowest BCUT2D eigenvalue weighted by Gasteiger charge is -2.27. The van der Waals surface area contributed by atoms with Crippen LogP contribution in [0.4, 0.5) is 17.1 Å². The van der Waals surface area contributed by atoms with E-state index in [9.17, 15) is 0 Å². The van der Waals surface area contributed by atoms with Gasteiger partial charge in [0.05, 0.1) is 5.69 Å². The number of fused-ring (bicyclic) bond motifs is 10. The van der Waals surface area contributed by atoms with E-state index in [4.69, 9.17) is 0 Å². The Morgan fingerprint density at radius 2 is 1.05 bits per heavy atom. The van der Waals surface area contributed by atoms with Crippen LogP contribution in [0.15, 0.2) is 152 Å². The number of rotatable bonds is 3. The lowest BCUT2D eigenvalue weighted by atomic mass is 9.96. The van der Waals surface area contributed by atoms with Gasteiger partial charge in [-0.05, 0) is 80.2 Å². The van der Waals surface area contributed by atoms with Gasteiger partial charge in [0.2, 0.25) is 0 Å². The minimum atomic E-state index is 1.14. The highest BCUT2D eigenvalue weighted by Gasteiger charge is 2.18. The van der Waals surface area contributed by atoms with Crippen molar-refractivity contribution in [1.29, 1.82) is 0 Å². The monoisotopic (exact) mass is 551 g/mol. The first-order valence-electron chi connectivity index (χ1n) is 14.4. The zero-order chi connectivity index (χ0) is 27.6. The fourth-order valence-electron chi connectivity index (χ4n) is 6.73. The van der Waals surface area contributed by atoms with Gasteiger partial charge in [-0.25, -0.2) is 0 Å². The van der Waals surface area contributed by atoms with Crippen molar-refractivity contribution in [2.45, 2.75) is 0 Å². The second-order valence-corrected chi connectivity index (χ2v) is 12.0. The van der Waals surface area contributed by atoms with Crippen LogP contribution in [-0.2, 0) is 0 Å². The van der Waals surface area contributed by atoms with Gasteiger partial charge in [0, 0.05) is 36.9 Å². The highest BCUT2D eigenvalue weighted by atomic mass is 32.1. The normalized spacial score (nSPS) is 11.8. The van der Waals surface area contributed by atoms with Crippen LogP contribution < -0.4 is 4.90 Å². The molecule has 0 aliphatic carbocycles. The second-order valence-electron chi connectivity index (χ2n) is 10.9. The zero-order valence-corrected chi connectivity index (χ0v) is 23.6. The first kappa shape index (κ1) is 23.5. The molecule has 1 heterocycles. The molecule has 0 N–H and O–H groups in total. The topological polar surface area (TPSA) is 3.24 Å². The van der Waals surface area contributed by atoms with E-state index >= 15 is 0 Å². The standard InChI is InChI=1S/C40H25NS/c1-2-10-29(11-3-1)41(36-15-8-14-34-33(36)23-24-38-40(34)35-13-6-7-16-37(35)42-38)30-21-22-32-28(25-30)20-19-27-18-17-26-9-4-5-12-31(26)39(27)32/h1-25H. The Morgan fingerprint density at radius 1 is 0.357 bits per heavy atom. The van der Waals surface area contributed by atoms with Crippen LogP contribution in [0, 0.1) is 0 Å². The molecular weight excluding hydrogens is 527 g/mol. The molecule has 0 saturated carbocycles. The Bertz CT molecular complexity index is 2470. The number of anilines is 3. The van der Waals surface area contributed by atoms with Gasteiger partial charge in [-0.1, -0.05) is 109 Å². The Labute approximate surface area is 247 Å². The summed E-state index contributed by atoms with van der Waals surface area (Å²) in [5.41, 5.74) is 3.48. The summed E-state index contributed by atoms with van der Waals surface area (Å²) in [5.74, 6) is 0. The molecule has 0 aliphatic heterocycles. The molecule has 0 atom stereocenters. The Morgan fingerprint density at radius 3 is 1.95 bits per heavy atom. The van der Waals surface area contributed by atoms with E-state index in [1.807, 2.05) is 11.3 Å². The fourth-order valence-corrected chi connectivity index (χ4v) is 7.85. The van der Waals surface area contributed by atoms with Crippen LogP contribution in [-0.4, -0.2) is 0 Å². The van der Waals surface area contributed by atoms with Crippen molar-refractivity contribution >= 4 is 91.7 Å². The first-order chi connectivity index (χ1) is 20.8. The quantitative estimate of drug-likeness (QED) is 0.197. The number of para-hydroxylation sites is 1. The van der Waals surface area contributed by atoms with Gasteiger partial charge in [-0.2, -0.15) is 0 Å². The van der Waals surface area contributed by atoms with Crippen LogP contribution in [0.3, 0.4) is 0 Å². The van der Waals surface area contributed by atoms with Crippen LogP contribution in [0.1, 0.15) is 0 Å². The summed E-state index contributed by atoms with van der Waals surface area (Å²) < 4.78 is 2.66. The number of hydrogen-bond acceptors (Lipinski definition) is 2. The summed E-state index contributed by atoms with van der Waals surface area (Å²) >= 11 is 1.87. The van der Waals surface area contributed by atoms with Crippen molar-refractivity contribution in [2.24, 2.45) is 0 Å². The summed E-state index contributed by atoms with van der Waals surface area (Å²) in [6.07, 6.45) is 0. The maximum absolute atomic E-state index is 2.41. The Kier molecular flexibility index (Phi) is 5.13. The molecule has 0 spiro atoms. The van der Waals surface area contributed by atoms with Crippen molar-refractivity contribution < 1.29 is 0 Å². The molecule has 0 saturated heterocycles. The molecule has 42 heavy (non-hydrogen) atoms. The molecule has 0 bridgehead atoms. The van der Waals surface area contributed by atoms with Gasteiger partial charge >= 0.3 is 0 Å². The zero-order valence-electron chi connectivity index (χ0n) is 22.8. The summed E-state index contributed by atoms with van der Waals surface area (Å²) in [4.78, 5) is 2.41. The molecule has 9 aromatic rings. The molecule has 196 valence electrons. The minimum Gasteiger partial charge on any atom is -0.310 e. The SMILES string of the molecule is c1ccc(N(c2ccc3c(ccc4ccc5ccccc5c43)c2)c2cccc3c2ccc2sc4ccccc4c23)cc1. The van der Waals surface area contributed by atoms with Crippen LogP contribution in [0.2, 0.25) is 0 Å². The van der Waals surface area contributed by atoms with Crippen LogP contribution in [0.25, 0.3) is 63.3 Å². The molecule has 0 fully saturated rings. The smallest absolute Gasteiger partial charge is 0.0540 e. The Hall–Kier alpha value is -5.18. The third kappa shape index (κ3) is 3.49. The molecule has 2 heteroatoms. The highest BCUT2D eigenvalue weighted by Crippen LogP contribution is 2.45. The molecule has 8 aromatic carbocycles. The van der Waals surface area contributed by atoms with Gasteiger partial charge < -0.3 is 4.90 Å². The molecule has 0 unspecified atom stereocenters. The molecule has 1 aromatic heterocycles. The van der Waals surface area contributed by atoms with Gasteiger partial charge in [0.1, 0.15) is 0 Å². The van der Waals surface area contributed by atoms with Crippen LogP contribution in [0.5, 0.6) is 0 Å². The third-order valence-electron chi connectivity index (χ3n) is 8.60. The van der Waals surface area contributed by atoms with Gasteiger partial charge in [0.15, 0.2) is 0 Å². The summed E-state index contributed by atoms with van der Waals surface area (Å²) in [5, 5.41) is 12.9. The second kappa shape index (κ2) is 9.17. The van der Waals surface area contributed by atoms with E-state index in [0.29, 0.717) is 0 Å². The third-order valence-corrected chi connectivity index (χ3v) is 9.73. The van der Waals surface area contributed by atoms with E-state index in [1.165, 1.54) is 68.9 Å². The average molecular weight is 552 g/mol. The number of hydrogen-bond donors (Lipinski definition) is 0. The minimum absolute atomic E-state index is 1.14. The summed E-state index contributed by atoms with van der Waals surface area (Å²) in [6, 6.07) is 55.5. The predicted octanol–water partition coefficient (Wildman–Crippen LogP) is 12.1. The summed E-state index contributed by atoms with van der Waals surface area (Å²) in [7, 11) is 0. The van der Waals surface area contributed by atoms with Crippen molar-refractivity contribution in [2.75, 3.05) is 4.90 Å². The largest absolute Gasteiger partial charge is 0.310 e. The van der Waals surface area contributed by atoms with E-state index in [1.54, 1.807) is 0 Å². The van der Waals surface area contributed by atoms with Gasteiger partial charge in [-0.3, -0.25) is 0 Å². The van der Waals surface area contributed by atoms with E-state index in [0.717, 1.165) is 11.4 Å². The van der Waals surface area contributed by atoms with Crippen molar-refractivity contribution in [1.82, 2.24) is 0 Å². The molecule has 1 nitrogen and oxygen atoms in total. The molecular formula is C40H25NS. The fraction of sp³-hybridized carbons (Fsp3) is 0. The van der Waals surface area contributed by atoms with Gasteiger partial charge in [0.25, 0.3) is 0 Å². The lowest BCUT2D eigenvalue weighted by Crippen LogP contribution is -2.10. The average Bonchev–Trinajstić information content (AvgIpc) is 3.44. The van der Waals surface area contributed by atoms with Crippen LogP contribution >= 0.6 is 11.3 Å². The molecule has 0 radical (unpaired) electrons. The first-order valence-corrected chi connectivity index (χ1v) is 15.2. The number of thiophene rings is 1. The van der Waals surface area contributed by atoms with E-state index in [2.05, 4.69) is 157 Å². The maximum Gasteiger partial charge on any atom is 0.0540 e. The number of benzene rings is 8. The van der Waals surface area contributed by atoms with Crippen molar-refractivity contribution in [3.8, 4) is 0 Å². The summed E-state index contributed by atoms with van der Waals surface area (Å²) in [6.45, 7) is 0. The maximum atomic E-state index is 2.41.